The number of carbonyl (C=O) groups excluding carboxylic acids is 1. The van der Waals surface area contributed by atoms with Crippen molar-refractivity contribution in [2.75, 3.05) is 23.4 Å². The molecule has 1 aromatic rings. The Morgan fingerprint density at radius 3 is 2.78 bits per heavy atom. The predicted molar refractivity (Wildman–Crippen MR) is 81.1 cm³/mol. The fraction of sp³-hybridized carbons (Fsp3) is 0.462. The van der Waals surface area contributed by atoms with Crippen LogP contribution in [0.15, 0.2) is 28.7 Å². The van der Waals surface area contributed by atoms with Crippen LogP contribution in [0.3, 0.4) is 0 Å². The third kappa shape index (κ3) is 4.30. The van der Waals surface area contributed by atoms with Gasteiger partial charge in [-0.25, -0.2) is 0 Å². The molecule has 0 atom stereocenters. The van der Waals surface area contributed by atoms with Crippen molar-refractivity contribution >= 4 is 39.3 Å². The Hall–Kier alpha value is -0.520. The lowest BCUT2D eigenvalue weighted by Crippen LogP contribution is -2.38. The van der Waals surface area contributed by atoms with Crippen molar-refractivity contribution in [3.63, 3.8) is 0 Å². The number of amides is 1. The minimum absolute atomic E-state index is 0.0140. The van der Waals surface area contributed by atoms with E-state index in [1.54, 1.807) is 0 Å². The Morgan fingerprint density at radius 1 is 1.33 bits per heavy atom. The SMILES string of the molecule is O=C(CNC1CCSCC1)Nc1ccccc1Br. The maximum Gasteiger partial charge on any atom is 0.238 e. The molecule has 0 saturated carbocycles. The van der Waals surface area contributed by atoms with Gasteiger partial charge in [-0.15, -0.1) is 0 Å². The fourth-order valence-corrected chi connectivity index (χ4v) is 3.39. The van der Waals surface area contributed by atoms with Crippen LogP contribution in [0.1, 0.15) is 12.8 Å². The molecule has 2 rings (SSSR count). The molecule has 98 valence electrons. The van der Waals surface area contributed by atoms with Gasteiger partial charge < -0.3 is 10.6 Å². The molecule has 1 fully saturated rings. The average molecular weight is 329 g/mol. The van der Waals surface area contributed by atoms with E-state index in [1.165, 1.54) is 11.5 Å². The summed E-state index contributed by atoms with van der Waals surface area (Å²) in [7, 11) is 0. The summed E-state index contributed by atoms with van der Waals surface area (Å²) in [5.74, 6) is 2.41. The van der Waals surface area contributed by atoms with E-state index in [1.807, 2.05) is 36.0 Å². The first kappa shape index (κ1) is 13.9. The minimum Gasteiger partial charge on any atom is -0.324 e. The lowest BCUT2D eigenvalue weighted by molar-refractivity contribution is -0.115. The molecule has 1 aromatic carbocycles. The lowest BCUT2D eigenvalue weighted by Gasteiger charge is -2.22. The van der Waals surface area contributed by atoms with Crippen LogP contribution in [0, 0.1) is 0 Å². The second-order valence-electron chi connectivity index (χ2n) is 4.30. The summed E-state index contributed by atoms with van der Waals surface area (Å²) < 4.78 is 0.910. The summed E-state index contributed by atoms with van der Waals surface area (Å²) in [5, 5.41) is 6.22. The molecule has 0 aromatic heterocycles. The quantitative estimate of drug-likeness (QED) is 0.892. The van der Waals surface area contributed by atoms with Crippen LogP contribution in [-0.4, -0.2) is 30.0 Å². The second-order valence-corrected chi connectivity index (χ2v) is 6.37. The number of anilines is 1. The van der Waals surface area contributed by atoms with E-state index in [9.17, 15) is 4.79 Å². The monoisotopic (exact) mass is 328 g/mol. The largest absolute Gasteiger partial charge is 0.324 e. The van der Waals surface area contributed by atoms with Crippen LogP contribution in [0.4, 0.5) is 5.69 Å². The van der Waals surface area contributed by atoms with Crippen molar-refractivity contribution in [1.29, 1.82) is 0 Å². The molecular formula is C13H17BrN2OS. The normalized spacial score (nSPS) is 16.5. The molecule has 18 heavy (non-hydrogen) atoms. The Bertz CT molecular complexity index is 408. The van der Waals surface area contributed by atoms with E-state index in [4.69, 9.17) is 0 Å². The third-order valence-electron chi connectivity index (χ3n) is 2.92. The highest BCUT2D eigenvalue weighted by Gasteiger charge is 2.14. The van der Waals surface area contributed by atoms with Gasteiger partial charge in [0, 0.05) is 10.5 Å². The van der Waals surface area contributed by atoms with E-state index in [0.29, 0.717) is 12.6 Å². The first-order valence-corrected chi connectivity index (χ1v) is 8.06. The number of hydrogen-bond donors (Lipinski definition) is 2. The molecule has 0 spiro atoms. The van der Waals surface area contributed by atoms with Crippen LogP contribution >= 0.6 is 27.7 Å². The molecule has 1 aliphatic rings. The molecule has 1 heterocycles. The van der Waals surface area contributed by atoms with Gasteiger partial charge >= 0.3 is 0 Å². The van der Waals surface area contributed by atoms with Gasteiger partial charge in [0.15, 0.2) is 0 Å². The summed E-state index contributed by atoms with van der Waals surface area (Å²) in [6.07, 6.45) is 2.32. The lowest BCUT2D eigenvalue weighted by atomic mass is 10.1. The minimum atomic E-state index is 0.0140. The van der Waals surface area contributed by atoms with Gasteiger partial charge in [0.25, 0.3) is 0 Å². The maximum atomic E-state index is 11.8. The smallest absolute Gasteiger partial charge is 0.238 e. The molecule has 3 nitrogen and oxygen atoms in total. The summed E-state index contributed by atoms with van der Waals surface area (Å²) in [6.45, 7) is 0.386. The zero-order valence-electron chi connectivity index (χ0n) is 10.1. The van der Waals surface area contributed by atoms with Crippen LogP contribution in [-0.2, 0) is 4.79 Å². The second kappa shape index (κ2) is 7.16. The number of para-hydroxylation sites is 1. The molecule has 1 saturated heterocycles. The average Bonchev–Trinajstić information content (AvgIpc) is 2.40. The molecule has 2 N–H and O–H groups in total. The van der Waals surface area contributed by atoms with E-state index in [2.05, 4.69) is 26.6 Å². The van der Waals surface area contributed by atoms with Gasteiger partial charge in [0.1, 0.15) is 0 Å². The van der Waals surface area contributed by atoms with Gasteiger partial charge in [-0.2, -0.15) is 11.8 Å². The van der Waals surface area contributed by atoms with E-state index in [0.717, 1.165) is 23.0 Å². The highest BCUT2D eigenvalue weighted by Crippen LogP contribution is 2.21. The van der Waals surface area contributed by atoms with Gasteiger partial charge in [-0.1, -0.05) is 12.1 Å². The number of hydrogen-bond acceptors (Lipinski definition) is 3. The number of nitrogens with one attached hydrogen (secondary N) is 2. The van der Waals surface area contributed by atoms with Gasteiger partial charge in [0.2, 0.25) is 5.91 Å². The van der Waals surface area contributed by atoms with Gasteiger partial charge in [-0.3, -0.25) is 4.79 Å². The summed E-state index contributed by atoms with van der Waals surface area (Å²) in [6, 6.07) is 8.14. The van der Waals surface area contributed by atoms with Gasteiger partial charge in [0.05, 0.1) is 12.2 Å². The van der Waals surface area contributed by atoms with Crippen LogP contribution in [0.2, 0.25) is 0 Å². The summed E-state index contributed by atoms with van der Waals surface area (Å²) in [4.78, 5) is 11.8. The zero-order chi connectivity index (χ0) is 12.8. The van der Waals surface area contributed by atoms with Crippen molar-refractivity contribution in [1.82, 2.24) is 5.32 Å². The van der Waals surface area contributed by atoms with Crippen LogP contribution < -0.4 is 10.6 Å². The Morgan fingerprint density at radius 2 is 2.06 bits per heavy atom. The standard InChI is InChI=1S/C13H17BrN2OS/c14-11-3-1-2-4-12(11)16-13(17)9-15-10-5-7-18-8-6-10/h1-4,10,15H,5-9H2,(H,16,17). The molecule has 0 radical (unpaired) electrons. The Balaban J connectivity index is 1.76. The molecule has 0 unspecified atom stereocenters. The Labute approximate surface area is 120 Å². The number of carbonyl (C=O) groups is 1. The first-order chi connectivity index (χ1) is 8.75. The summed E-state index contributed by atoms with van der Waals surface area (Å²) in [5.41, 5.74) is 0.823. The van der Waals surface area contributed by atoms with Crippen molar-refractivity contribution in [3.05, 3.63) is 28.7 Å². The fourth-order valence-electron chi connectivity index (χ4n) is 1.90. The highest BCUT2D eigenvalue weighted by atomic mass is 79.9. The number of rotatable bonds is 4. The van der Waals surface area contributed by atoms with E-state index in [-0.39, 0.29) is 5.91 Å². The Kier molecular flexibility index (Phi) is 5.53. The van der Waals surface area contributed by atoms with Crippen LogP contribution in [0.5, 0.6) is 0 Å². The zero-order valence-corrected chi connectivity index (χ0v) is 12.5. The molecule has 1 amide bonds. The number of thioether (sulfide) groups is 1. The van der Waals surface area contributed by atoms with E-state index < -0.39 is 0 Å². The predicted octanol–water partition coefficient (Wildman–Crippen LogP) is 2.87. The molecule has 1 aliphatic heterocycles. The topological polar surface area (TPSA) is 41.1 Å². The van der Waals surface area contributed by atoms with Crippen molar-refractivity contribution < 1.29 is 4.79 Å². The number of halogens is 1. The maximum absolute atomic E-state index is 11.8. The molecular weight excluding hydrogens is 312 g/mol. The van der Waals surface area contributed by atoms with Crippen molar-refractivity contribution in [3.8, 4) is 0 Å². The highest BCUT2D eigenvalue weighted by molar-refractivity contribution is 9.10. The third-order valence-corrected chi connectivity index (χ3v) is 4.66. The molecule has 5 heteroatoms. The van der Waals surface area contributed by atoms with Crippen LogP contribution in [0.25, 0.3) is 0 Å². The summed E-state index contributed by atoms with van der Waals surface area (Å²) >= 11 is 5.41. The number of benzene rings is 1. The van der Waals surface area contributed by atoms with Crippen molar-refractivity contribution in [2.45, 2.75) is 18.9 Å². The first-order valence-electron chi connectivity index (χ1n) is 6.11. The van der Waals surface area contributed by atoms with E-state index >= 15 is 0 Å². The molecule has 0 aliphatic carbocycles. The van der Waals surface area contributed by atoms with Gasteiger partial charge in [-0.05, 0) is 52.4 Å². The van der Waals surface area contributed by atoms with Crippen molar-refractivity contribution in [2.24, 2.45) is 0 Å². The molecule has 0 bridgehead atoms.